The molecule has 2 N–H and O–H groups in total. The normalized spacial score (nSPS) is 9.47. The molecule has 2 aromatic carbocycles. The molecule has 0 fully saturated rings. The number of benzene rings is 2. The topological polar surface area (TPSA) is 98.1 Å². The summed E-state index contributed by atoms with van der Waals surface area (Å²) in [6.07, 6.45) is 0. The lowest BCUT2D eigenvalue weighted by Crippen LogP contribution is -2.02. The van der Waals surface area contributed by atoms with Crippen molar-refractivity contribution in [2.24, 2.45) is 5.11 Å². The Hall–Kier alpha value is -2.98. The van der Waals surface area contributed by atoms with Gasteiger partial charge in [-0.2, -0.15) is 0 Å². The second-order valence-electron chi connectivity index (χ2n) is 3.72. The minimum Gasteiger partial charge on any atom is -0.478 e. The number of carbonyl (C=O) groups is 1. The van der Waals surface area contributed by atoms with Crippen LogP contribution in [0.2, 0.25) is 0 Å². The summed E-state index contributed by atoms with van der Waals surface area (Å²) in [6.45, 7) is 0. The van der Waals surface area contributed by atoms with Gasteiger partial charge in [0.2, 0.25) is 0 Å². The van der Waals surface area contributed by atoms with Gasteiger partial charge < -0.3 is 10.4 Å². The standard InChI is InChI=1S/C13H10N4O2/c14-17-16-10-6-7-12(11(8-10)13(18)19)15-9-4-2-1-3-5-9/h1-8,15H,(H,18,19). The molecule has 0 aliphatic heterocycles. The molecule has 6 heteroatoms. The Labute approximate surface area is 108 Å². The third kappa shape index (κ3) is 3.02. The van der Waals surface area contributed by atoms with Crippen LogP contribution in [-0.2, 0) is 0 Å². The van der Waals surface area contributed by atoms with Gasteiger partial charge in [0.25, 0.3) is 0 Å². The first-order chi connectivity index (χ1) is 9.20. The number of hydrogen-bond acceptors (Lipinski definition) is 3. The summed E-state index contributed by atoms with van der Waals surface area (Å²) in [6, 6.07) is 13.7. The fourth-order valence-electron chi connectivity index (χ4n) is 1.61. The van der Waals surface area contributed by atoms with Crippen molar-refractivity contribution in [2.45, 2.75) is 0 Å². The van der Waals surface area contributed by atoms with Gasteiger partial charge in [0.05, 0.1) is 11.3 Å². The molecule has 6 nitrogen and oxygen atoms in total. The monoisotopic (exact) mass is 254 g/mol. The molecule has 0 aliphatic carbocycles. The number of anilines is 2. The summed E-state index contributed by atoms with van der Waals surface area (Å²) in [7, 11) is 0. The van der Waals surface area contributed by atoms with Crippen molar-refractivity contribution < 1.29 is 9.90 Å². The first kappa shape index (κ1) is 12.5. The van der Waals surface area contributed by atoms with E-state index >= 15 is 0 Å². The lowest BCUT2D eigenvalue weighted by Gasteiger charge is -2.10. The van der Waals surface area contributed by atoms with Crippen molar-refractivity contribution >= 4 is 23.0 Å². The molecule has 0 spiro atoms. The van der Waals surface area contributed by atoms with Crippen molar-refractivity contribution in [1.29, 1.82) is 0 Å². The van der Waals surface area contributed by atoms with Gasteiger partial charge in [-0.1, -0.05) is 29.4 Å². The predicted molar refractivity (Wildman–Crippen MR) is 71.9 cm³/mol. The fourth-order valence-corrected chi connectivity index (χ4v) is 1.61. The van der Waals surface area contributed by atoms with Crippen molar-refractivity contribution in [2.75, 3.05) is 5.32 Å². The molecule has 0 saturated carbocycles. The number of carboxylic acids is 1. The van der Waals surface area contributed by atoms with E-state index in [2.05, 4.69) is 15.3 Å². The molecule has 0 unspecified atom stereocenters. The van der Waals surface area contributed by atoms with Gasteiger partial charge in [-0.25, -0.2) is 4.79 Å². The van der Waals surface area contributed by atoms with Crippen LogP contribution in [0.5, 0.6) is 0 Å². The number of nitrogens with zero attached hydrogens (tertiary/aromatic N) is 3. The van der Waals surface area contributed by atoms with Gasteiger partial charge in [0.15, 0.2) is 0 Å². The number of azide groups is 1. The van der Waals surface area contributed by atoms with E-state index < -0.39 is 5.97 Å². The second-order valence-corrected chi connectivity index (χ2v) is 3.72. The number of aromatic carboxylic acids is 1. The zero-order valence-corrected chi connectivity index (χ0v) is 9.82. The third-order valence-electron chi connectivity index (χ3n) is 2.45. The minimum absolute atomic E-state index is 0.0498. The molecule has 0 saturated heterocycles. The van der Waals surface area contributed by atoms with E-state index in [1.165, 1.54) is 6.07 Å². The molecular weight excluding hydrogens is 244 g/mol. The Kier molecular flexibility index (Phi) is 3.66. The van der Waals surface area contributed by atoms with Crippen LogP contribution in [0.4, 0.5) is 17.1 Å². The summed E-state index contributed by atoms with van der Waals surface area (Å²) in [4.78, 5) is 13.8. The number of para-hydroxylation sites is 1. The van der Waals surface area contributed by atoms with E-state index in [-0.39, 0.29) is 11.3 Å². The summed E-state index contributed by atoms with van der Waals surface area (Å²) in [5.74, 6) is -1.09. The quantitative estimate of drug-likeness (QED) is 0.488. The first-order valence-electron chi connectivity index (χ1n) is 5.45. The maximum absolute atomic E-state index is 11.2. The van der Waals surface area contributed by atoms with Gasteiger partial charge in [-0.15, -0.1) is 0 Å². The maximum atomic E-state index is 11.2. The van der Waals surface area contributed by atoms with Gasteiger partial charge in [0, 0.05) is 16.3 Å². The van der Waals surface area contributed by atoms with Crippen LogP contribution >= 0.6 is 0 Å². The molecule has 0 radical (unpaired) electrons. The van der Waals surface area contributed by atoms with E-state index in [1.807, 2.05) is 30.3 Å². The summed E-state index contributed by atoms with van der Waals surface area (Å²) in [5.41, 5.74) is 9.88. The highest BCUT2D eigenvalue weighted by Crippen LogP contribution is 2.25. The van der Waals surface area contributed by atoms with Crippen LogP contribution in [-0.4, -0.2) is 11.1 Å². The van der Waals surface area contributed by atoms with E-state index in [1.54, 1.807) is 12.1 Å². The highest BCUT2D eigenvalue weighted by Gasteiger charge is 2.10. The van der Waals surface area contributed by atoms with Crippen molar-refractivity contribution in [3.63, 3.8) is 0 Å². The van der Waals surface area contributed by atoms with Gasteiger partial charge in [-0.3, -0.25) is 0 Å². The van der Waals surface area contributed by atoms with Crippen LogP contribution in [0.25, 0.3) is 10.4 Å². The fraction of sp³-hybridized carbons (Fsp3) is 0. The average Bonchev–Trinajstić information content (AvgIpc) is 2.42. The van der Waals surface area contributed by atoms with E-state index in [4.69, 9.17) is 10.6 Å². The Balaban J connectivity index is 2.40. The number of hydrogen-bond donors (Lipinski definition) is 2. The molecule has 2 aromatic rings. The van der Waals surface area contributed by atoms with E-state index in [9.17, 15) is 4.79 Å². The van der Waals surface area contributed by atoms with Crippen molar-refractivity contribution in [3.05, 3.63) is 64.5 Å². The highest BCUT2D eigenvalue weighted by atomic mass is 16.4. The molecule has 94 valence electrons. The third-order valence-corrected chi connectivity index (χ3v) is 2.45. The molecular formula is C13H10N4O2. The van der Waals surface area contributed by atoms with Gasteiger partial charge >= 0.3 is 5.97 Å². The first-order valence-corrected chi connectivity index (χ1v) is 5.45. The smallest absolute Gasteiger partial charge is 0.337 e. The van der Waals surface area contributed by atoms with E-state index in [0.29, 0.717) is 5.69 Å². The van der Waals surface area contributed by atoms with Crippen LogP contribution in [0.1, 0.15) is 10.4 Å². The highest BCUT2D eigenvalue weighted by molar-refractivity contribution is 5.96. The zero-order chi connectivity index (χ0) is 13.7. The lowest BCUT2D eigenvalue weighted by atomic mass is 10.1. The molecule has 0 aromatic heterocycles. The molecule has 0 bridgehead atoms. The summed E-state index contributed by atoms with van der Waals surface area (Å²) in [5, 5.41) is 15.6. The van der Waals surface area contributed by atoms with Gasteiger partial charge in [0.1, 0.15) is 0 Å². The molecule has 0 aliphatic rings. The van der Waals surface area contributed by atoms with Crippen molar-refractivity contribution in [3.8, 4) is 0 Å². The molecule has 0 atom stereocenters. The molecule has 2 rings (SSSR count). The van der Waals surface area contributed by atoms with Crippen LogP contribution in [0, 0.1) is 0 Å². The number of nitrogens with one attached hydrogen (secondary N) is 1. The summed E-state index contributed by atoms with van der Waals surface area (Å²) < 4.78 is 0. The SMILES string of the molecule is [N-]=[N+]=Nc1ccc(Nc2ccccc2)c(C(=O)O)c1. The second kappa shape index (κ2) is 5.57. The Bertz CT molecular complexity index is 649. The van der Waals surface area contributed by atoms with Gasteiger partial charge in [-0.05, 0) is 29.8 Å². The van der Waals surface area contributed by atoms with Crippen LogP contribution in [0.15, 0.2) is 53.6 Å². The van der Waals surface area contributed by atoms with Crippen molar-refractivity contribution in [1.82, 2.24) is 0 Å². The number of carboxylic acid groups (broad SMARTS) is 1. The van der Waals surface area contributed by atoms with E-state index in [0.717, 1.165) is 5.69 Å². The molecule has 0 amide bonds. The maximum Gasteiger partial charge on any atom is 0.337 e. The Morgan fingerprint density at radius 3 is 2.58 bits per heavy atom. The lowest BCUT2D eigenvalue weighted by molar-refractivity contribution is 0.0698. The van der Waals surface area contributed by atoms with Crippen LogP contribution in [0.3, 0.4) is 0 Å². The largest absolute Gasteiger partial charge is 0.478 e. The molecule has 19 heavy (non-hydrogen) atoms. The Morgan fingerprint density at radius 1 is 1.21 bits per heavy atom. The molecule has 0 heterocycles. The van der Waals surface area contributed by atoms with Crippen LogP contribution < -0.4 is 5.32 Å². The Morgan fingerprint density at radius 2 is 1.95 bits per heavy atom. The average molecular weight is 254 g/mol. The summed E-state index contributed by atoms with van der Waals surface area (Å²) >= 11 is 0. The predicted octanol–water partition coefficient (Wildman–Crippen LogP) is 4.07. The zero-order valence-electron chi connectivity index (χ0n) is 9.82. The minimum atomic E-state index is -1.09. The number of rotatable bonds is 4.